The third-order valence-electron chi connectivity index (χ3n) is 6.37. The van der Waals surface area contributed by atoms with Crippen molar-refractivity contribution in [3.05, 3.63) is 89.8 Å². The molecule has 0 radical (unpaired) electrons. The lowest BCUT2D eigenvalue weighted by Crippen LogP contribution is -2.38. The van der Waals surface area contributed by atoms with E-state index in [1.807, 2.05) is 23.6 Å². The number of hydrogen-bond acceptors (Lipinski definition) is 3. The summed E-state index contributed by atoms with van der Waals surface area (Å²) < 4.78 is 0. The molecule has 0 spiro atoms. The summed E-state index contributed by atoms with van der Waals surface area (Å²) in [7, 11) is 2.71. The van der Waals surface area contributed by atoms with E-state index >= 15 is 0 Å². The van der Waals surface area contributed by atoms with Crippen molar-refractivity contribution >= 4 is 36.9 Å². The molecule has 1 saturated carbocycles. The van der Waals surface area contributed by atoms with Crippen molar-refractivity contribution in [2.24, 2.45) is 0 Å². The topological polar surface area (TPSA) is 42.0 Å². The molecule has 1 aliphatic rings. The van der Waals surface area contributed by atoms with E-state index in [4.69, 9.17) is 4.98 Å². The number of benzene rings is 3. The molecule has 3 aromatic carbocycles. The van der Waals surface area contributed by atoms with Crippen LogP contribution in [0.3, 0.4) is 0 Å². The van der Waals surface area contributed by atoms with Gasteiger partial charge >= 0.3 is 0 Å². The van der Waals surface area contributed by atoms with Gasteiger partial charge in [-0.15, -0.1) is 20.6 Å². The summed E-state index contributed by atoms with van der Waals surface area (Å²) >= 11 is 1.48. The van der Waals surface area contributed by atoms with Crippen molar-refractivity contribution in [2.75, 3.05) is 5.32 Å². The van der Waals surface area contributed by atoms with Gasteiger partial charge in [0.25, 0.3) is 0 Å². The van der Waals surface area contributed by atoms with Crippen molar-refractivity contribution in [3.8, 4) is 22.4 Å². The van der Waals surface area contributed by atoms with Crippen LogP contribution >= 0.6 is 20.6 Å². The number of hydrogen-bond donors (Lipinski definition) is 1. The molecule has 1 N–H and O–H groups in total. The van der Waals surface area contributed by atoms with Gasteiger partial charge in [-0.2, -0.15) is 0 Å². The number of carbonyl (C=O) groups is 1. The Labute approximate surface area is 195 Å². The van der Waals surface area contributed by atoms with Crippen LogP contribution in [0.5, 0.6) is 0 Å². The van der Waals surface area contributed by atoms with Gasteiger partial charge in [0.1, 0.15) is 0 Å². The van der Waals surface area contributed by atoms with E-state index in [0.29, 0.717) is 5.13 Å². The Kier molecular flexibility index (Phi) is 5.91. The van der Waals surface area contributed by atoms with Crippen molar-refractivity contribution in [1.29, 1.82) is 0 Å². The molecule has 1 amide bonds. The molecule has 0 bridgehead atoms. The SMILES string of the molecule is O=C(Nc1nc(-c2ccc(-c3ccccc3)cc2)cs1)C1(c2ccc(P)cc2)CCCC1. The molecule has 3 nitrogen and oxygen atoms in total. The summed E-state index contributed by atoms with van der Waals surface area (Å²) in [6.45, 7) is 0. The van der Waals surface area contributed by atoms with Crippen LogP contribution in [-0.4, -0.2) is 10.9 Å². The fraction of sp³-hybridized carbons (Fsp3) is 0.185. The predicted molar refractivity (Wildman–Crippen MR) is 138 cm³/mol. The van der Waals surface area contributed by atoms with Crippen LogP contribution < -0.4 is 10.6 Å². The van der Waals surface area contributed by atoms with Crippen LogP contribution in [0.2, 0.25) is 0 Å². The van der Waals surface area contributed by atoms with Gasteiger partial charge in [0.2, 0.25) is 5.91 Å². The summed E-state index contributed by atoms with van der Waals surface area (Å²) in [6.07, 6.45) is 3.92. The summed E-state index contributed by atoms with van der Waals surface area (Å²) in [5.41, 5.74) is 4.96. The summed E-state index contributed by atoms with van der Waals surface area (Å²) in [4.78, 5) is 18.1. The molecular weight excluding hydrogens is 431 g/mol. The highest BCUT2D eigenvalue weighted by molar-refractivity contribution is 7.27. The average Bonchev–Trinajstić information content (AvgIpc) is 3.51. The lowest BCUT2D eigenvalue weighted by Gasteiger charge is -2.28. The molecule has 0 saturated heterocycles. The van der Waals surface area contributed by atoms with Crippen molar-refractivity contribution < 1.29 is 4.79 Å². The first-order valence-corrected chi connectivity index (χ1v) is 12.4. The van der Waals surface area contributed by atoms with Gasteiger partial charge in [0.05, 0.1) is 11.1 Å². The second kappa shape index (κ2) is 8.97. The van der Waals surface area contributed by atoms with E-state index in [9.17, 15) is 4.79 Å². The van der Waals surface area contributed by atoms with Gasteiger partial charge in [0.15, 0.2) is 5.13 Å². The number of nitrogens with one attached hydrogen (secondary N) is 1. The fourth-order valence-corrected chi connectivity index (χ4v) is 5.48. The van der Waals surface area contributed by atoms with Gasteiger partial charge in [-0.05, 0) is 34.8 Å². The van der Waals surface area contributed by atoms with E-state index in [0.717, 1.165) is 47.8 Å². The summed E-state index contributed by atoms with van der Waals surface area (Å²) in [6, 6.07) is 27.1. The number of anilines is 1. The average molecular weight is 457 g/mol. The maximum absolute atomic E-state index is 13.4. The van der Waals surface area contributed by atoms with Crippen molar-refractivity contribution in [1.82, 2.24) is 4.98 Å². The number of aromatic nitrogens is 1. The molecule has 1 aromatic heterocycles. The van der Waals surface area contributed by atoms with Crippen molar-refractivity contribution in [2.45, 2.75) is 31.1 Å². The minimum absolute atomic E-state index is 0.0619. The second-order valence-corrected chi connectivity index (χ2v) is 9.87. The van der Waals surface area contributed by atoms with E-state index in [2.05, 4.69) is 75.2 Å². The summed E-state index contributed by atoms with van der Waals surface area (Å²) in [5, 5.41) is 6.93. The monoisotopic (exact) mass is 456 g/mol. The van der Waals surface area contributed by atoms with E-state index in [1.54, 1.807) is 0 Å². The first-order valence-electron chi connectivity index (χ1n) is 10.9. The molecule has 4 aromatic rings. The number of nitrogens with zero attached hydrogens (tertiary/aromatic N) is 1. The smallest absolute Gasteiger partial charge is 0.236 e. The van der Waals surface area contributed by atoms with Crippen LogP contribution in [0.4, 0.5) is 5.13 Å². The predicted octanol–water partition coefficient (Wildman–Crippen LogP) is 6.43. The fourth-order valence-electron chi connectivity index (χ4n) is 4.57. The Morgan fingerprint density at radius 3 is 2.16 bits per heavy atom. The maximum atomic E-state index is 13.4. The zero-order valence-electron chi connectivity index (χ0n) is 17.8. The molecule has 1 aliphatic carbocycles. The zero-order valence-corrected chi connectivity index (χ0v) is 19.7. The third-order valence-corrected chi connectivity index (χ3v) is 7.51. The molecule has 5 rings (SSSR count). The number of amides is 1. The molecule has 1 heterocycles. The third kappa shape index (κ3) is 4.13. The maximum Gasteiger partial charge on any atom is 0.236 e. The standard InChI is InChI=1S/C27H25N2OPS/c30-25(27(16-4-5-17-27)22-12-14-23(31)15-13-22)29-26-28-24(18-32-26)21-10-8-20(9-11-21)19-6-2-1-3-7-19/h1-3,6-15,18H,4-5,16-17,31H2,(H,28,29,30). The van der Waals surface area contributed by atoms with Crippen molar-refractivity contribution in [3.63, 3.8) is 0 Å². The molecule has 0 aliphatic heterocycles. The van der Waals surface area contributed by atoms with Crippen LogP contribution in [0.15, 0.2) is 84.2 Å². The lowest BCUT2D eigenvalue weighted by molar-refractivity contribution is -0.121. The molecule has 1 atom stereocenters. The Morgan fingerprint density at radius 2 is 1.47 bits per heavy atom. The van der Waals surface area contributed by atoms with E-state index < -0.39 is 5.41 Å². The number of rotatable bonds is 5. The van der Waals surface area contributed by atoms with E-state index in [1.165, 1.54) is 22.5 Å². The minimum atomic E-state index is -0.457. The summed E-state index contributed by atoms with van der Waals surface area (Å²) in [5.74, 6) is 0.0619. The highest BCUT2D eigenvalue weighted by Gasteiger charge is 2.42. The van der Waals surface area contributed by atoms with Crippen LogP contribution in [0.1, 0.15) is 31.2 Å². The van der Waals surface area contributed by atoms with E-state index in [-0.39, 0.29) is 5.91 Å². The highest BCUT2D eigenvalue weighted by atomic mass is 32.1. The highest BCUT2D eigenvalue weighted by Crippen LogP contribution is 2.42. The zero-order chi connectivity index (χ0) is 22.0. The molecule has 5 heteroatoms. The van der Waals surface area contributed by atoms with Crippen LogP contribution in [0, 0.1) is 0 Å². The lowest BCUT2D eigenvalue weighted by atomic mass is 9.78. The van der Waals surface area contributed by atoms with Crippen LogP contribution in [0.25, 0.3) is 22.4 Å². The molecule has 160 valence electrons. The second-order valence-electron chi connectivity index (χ2n) is 8.35. The Hall–Kier alpha value is -2.81. The first kappa shape index (κ1) is 21.1. The minimum Gasteiger partial charge on any atom is -0.301 e. The number of thiazole rings is 1. The van der Waals surface area contributed by atoms with Gasteiger partial charge in [-0.1, -0.05) is 91.7 Å². The Balaban J connectivity index is 1.34. The molecule has 1 fully saturated rings. The Morgan fingerprint density at radius 1 is 0.844 bits per heavy atom. The number of carbonyl (C=O) groups excluding carboxylic acids is 1. The molecule has 1 unspecified atom stereocenters. The van der Waals surface area contributed by atoms with Gasteiger partial charge in [-0.3, -0.25) is 4.79 Å². The first-order chi connectivity index (χ1) is 15.6. The Bertz CT molecular complexity index is 1210. The van der Waals surface area contributed by atoms with Gasteiger partial charge in [-0.25, -0.2) is 4.98 Å². The quantitative estimate of drug-likeness (QED) is 0.352. The van der Waals surface area contributed by atoms with Crippen LogP contribution in [-0.2, 0) is 10.2 Å². The van der Waals surface area contributed by atoms with Gasteiger partial charge in [0, 0.05) is 10.9 Å². The normalized spacial score (nSPS) is 14.9. The van der Waals surface area contributed by atoms with Gasteiger partial charge < -0.3 is 5.32 Å². The molecule has 32 heavy (non-hydrogen) atoms. The molecular formula is C27H25N2OPS. The largest absolute Gasteiger partial charge is 0.301 e.